The Morgan fingerprint density at radius 1 is 1.12 bits per heavy atom. The number of ether oxygens (including phenoxy) is 3. The van der Waals surface area contributed by atoms with Crippen LogP contribution in [0, 0.1) is 0 Å². The summed E-state index contributed by atoms with van der Waals surface area (Å²) in [5, 5.41) is 3.14. The molecule has 1 N–H and O–H groups in total. The van der Waals surface area contributed by atoms with E-state index >= 15 is 0 Å². The molecule has 1 atom stereocenters. The number of hydrogen-bond donors (Lipinski definition) is 1. The molecule has 2 aliphatic rings. The van der Waals surface area contributed by atoms with Crippen molar-refractivity contribution in [1.29, 1.82) is 0 Å². The van der Waals surface area contributed by atoms with Crippen LogP contribution in [0.2, 0.25) is 0 Å². The molecule has 0 aliphatic carbocycles. The van der Waals surface area contributed by atoms with Crippen LogP contribution in [0.1, 0.15) is 33.9 Å². The zero-order chi connectivity index (χ0) is 22.5. The number of anilines is 1. The second-order valence-electron chi connectivity index (χ2n) is 8.33. The van der Waals surface area contributed by atoms with E-state index in [9.17, 15) is 4.79 Å². The Morgan fingerprint density at radius 2 is 1.94 bits per heavy atom. The molecule has 0 saturated carbocycles. The van der Waals surface area contributed by atoms with Crippen LogP contribution in [0.5, 0.6) is 11.5 Å². The molecule has 0 radical (unpaired) electrons. The Kier molecular flexibility index (Phi) is 7.17. The highest BCUT2D eigenvalue weighted by atomic mass is 16.5. The van der Waals surface area contributed by atoms with Crippen LogP contribution in [0.3, 0.4) is 0 Å². The van der Waals surface area contributed by atoms with Crippen LogP contribution in [-0.4, -0.2) is 71.5 Å². The summed E-state index contributed by atoms with van der Waals surface area (Å²) in [5.41, 5.74) is 4.40. The van der Waals surface area contributed by atoms with Crippen LogP contribution in [0.15, 0.2) is 36.4 Å². The molecule has 0 unspecified atom stereocenters. The van der Waals surface area contributed by atoms with Crippen LogP contribution in [0.25, 0.3) is 0 Å². The molecule has 0 aromatic heterocycles. The van der Waals surface area contributed by atoms with Gasteiger partial charge in [-0.25, -0.2) is 0 Å². The van der Waals surface area contributed by atoms with Gasteiger partial charge in [0.1, 0.15) is 0 Å². The number of amides is 1. The van der Waals surface area contributed by atoms with Crippen molar-refractivity contribution in [3.05, 3.63) is 53.1 Å². The van der Waals surface area contributed by atoms with Crippen molar-refractivity contribution >= 4 is 11.6 Å². The lowest BCUT2D eigenvalue weighted by Gasteiger charge is -2.36. The van der Waals surface area contributed by atoms with E-state index in [1.807, 2.05) is 0 Å². The predicted molar refractivity (Wildman–Crippen MR) is 125 cm³/mol. The van der Waals surface area contributed by atoms with E-state index < -0.39 is 0 Å². The number of methoxy groups -OCH3 is 2. The van der Waals surface area contributed by atoms with Gasteiger partial charge < -0.3 is 24.4 Å². The van der Waals surface area contributed by atoms with Crippen LogP contribution in [-0.2, 0) is 11.2 Å². The van der Waals surface area contributed by atoms with Gasteiger partial charge in [0.05, 0.1) is 39.0 Å². The van der Waals surface area contributed by atoms with Crippen molar-refractivity contribution in [2.75, 3.05) is 65.6 Å². The van der Waals surface area contributed by atoms with Gasteiger partial charge >= 0.3 is 0 Å². The molecule has 7 heteroatoms. The lowest BCUT2D eigenvalue weighted by molar-refractivity contribution is 0.0162. The average molecular weight is 440 g/mol. The van der Waals surface area contributed by atoms with E-state index in [2.05, 4.69) is 40.4 Å². The number of carbonyl (C=O) groups excluding carboxylic acids is 1. The zero-order valence-electron chi connectivity index (χ0n) is 19.2. The highest BCUT2D eigenvalue weighted by Crippen LogP contribution is 2.32. The van der Waals surface area contributed by atoms with Crippen molar-refractivity contribution in [2.45, 2.75) is 18.9 Å². The second-order valence-corrected chi connectivity index (χ2v) is 8.33. The highest BCUT2D eigenvalue weighted by Gasteiger charge is 2.26. The average Bonchev–Trinajstić information content (AvgIpc) is 2.84. The molecule has 0 spiro atoms. The van der Waals surface area contributed by atoms with Gasteiger partial charge in [0.25, 0.3) is 5.91 Å². The van der Waals surface area contributed by atoms with Gasteiger partial charge in [-0.05, 0) is 42.2 Å². The summed E-state index contributed by atoms with van der Waals surface area (Å²) in [6, 6.07) is 12.2. The zero-order valence-corrected chi connectivity index (χ0v) is 19.2. The van der Waals surface area contributed by atoms with Crippen LogP contribution < -0.4 is 19.7 Å². The van der Waals surface area contributed by atoms with E-state index in [0.717, 1.165) is 26.1 Å². The number of rotatable bonds is 7. The summed E-state index contributed by atoms with van der Waals surface area (Å²) in [6.07, 6.45) is 2.26. The molecule has 172 valence electrons. The molecule has 1 amide bonds. The number of fused-ring (bicyclic) bond motifs is 1. The number of hydrogen-bond acceptors (Lipinski definition) is 6. The van der Waals surface area contributed by atoms with E-state index in [4.69, 9.17) is 14.2 Å². The van der Waals surface area contributed by atoms with Crippen molar-refractivity contribution in [3.63, 3.8) is 0 Å². The van der Waals surface area contributed by atoms with Gasteiger partial charge in [0.2, 0.25) is 0 Å². The first-order valence-corrected chi connectivity index (χ1v) is 11.3. The molecule has 1 fully saturated rings. The van der Waals surface area contributed by atoms with Gasteiger partial charge in [-0.3, -0.25) is 9.69 Å². The summed E-state index contributed by atoms with van der Waals surface area (Å²) < 4.78 is 16.4. The SMILES string of the molecule is COc1cccc(C(=O)NC[C@@H](c2ccc3c(c2)CCCN3C)N2CCOCC2)c1OC. The monoisotopic (exact) mass is 439 g/mol. The molecular formula is C25H33N3O4. The van der Waals surface area contributed by atoms with E-state index in [-0.39, 0.29) is 11.9 Å². The van der Waals surface area contributed by atoms with Crippen molar-refractivity contribution in [2.24, 2.45) is 0 Å². The molecular weight excluding hydrogens is 406 g/mol. The summed E-state index contributed by atoms with van der Waals surface area (Å²) in [7, 11) is 5.27. The number of nitrogens with zero attached hydrogens (tertiary/aromatic N) is 2. The minimum atomic E-state index is -0.170. The molecule has 4 rings (SSSR count). The van der Waals surface area contributed by atoms with Gasteiger partial charge in [0, 0.05) is 38.9 Å². The highest BCUT2D eigenvalue weighted by molar-refractivity contribution is 5.97. The normalized spacial score (nSPS) is 17.4. The van der Waals surface area contributed by atoms with Crippen LogP contribution in [0.4, 0.5) is 5.69 Å². The Hall–Kier alpha value is -2.77. The number of carbonyl (C=O) groups is 1. The smallest absolute Gasteiger partial charge is 0.255 e. The number of nitrogens with one attached hydrogen (secondary N) is 1. The summed E-state index contributed by atoms with van der Waals surface area (Å²) >= 11 is 0. The second kappa shape index (κ2) is 10.2. The predicted octanol–water partition coefficient (Wildman–Crippen LogP) is 2.89. The first kappa shape index (κ1) is 22.4. The van der Waals surface area contributed by atoms with Gasteiger partial charge in [-0.15, -0.1) is 0 Å². The standard InChI is InChI=1S/C25H33N3O4/c1-27-11-5-6-18-16-19(9-10-21(18)27)22(28-12-14-32-15-13-28)17-26-25(29)20-7-4-8-23(30-2)24(20)31-3/h4,7-10,16,22H,5-6,11-15,17H2,1-3H3,(H,26,29)/t22-/m0/s1. The third kappa shape index (κ3) is 4.69. The topological polar surface area (TPSA) is 63.3 Å². The Labute approximate surface area is 190 Å². The molecule has 32 heavy (non-hydrogen) atoms. The molecule has 2 aromatic rings. The fourth-order valence-corrected chi connectivity index (χ4v) is 4.71. The van der Waals surface area contributed by atoms with Gasteiger partial charge in [-0.1, -0.05) is 18.2 Å². The van der Waals surface area contributed by atoms with Gasteiger partial charge in [0.15, 0.2) is 11.5 Å². The molecule has 2 heterocycles. The maximum Gasteiger partial charge on any atom is 0.255 e. The number of aryl methyl sites for hydroxylation is 1. The first-order valence-electron chi connectivity index (χ1n) is 11.3. The number of morpholine rings is 1. The van der Waals surface area contributed by atoms with Crippen molar-refractivity contribution in [3.8, 4) is 11.5 Å². The third-order valence-corrected chi connectivity index (χ3v) is 6.43. The lowest BCUT2D eigenvalue weighted by atomic mass is 9.95. The number of para-hydroxylation sites is 1. The summed E-state index contributed by atoms with van der Waals surface area (Å²) in [6.45, 7) is 4.72. The Bertz CT molecular complexity index is 943. The van der Waals surface area contributed by atoms with Crippen molar-refractivity contribution in [1.82, 2.24) is 10.2 Å². The van der Waals surface area contributed by atoms with E-state index in [0.29, 0.717) is 36.8 Å². The maximum atomic E-state index is 13.1. The molecule has 2 aliphatic heterocycles. The third-order valence-electron chi connectivity index (χ3n) is 6.43. The largest absolute Gasteiger partial charge is 0.493 e. The molecule has 7 nitrogen and oxygen atoms in total. The minimum absolute atomic E-state index is 0.0805. The van der Waals surface area contributed by atoms with E-state index in [1.165, 1.54) is 23.2 Å². The molecule has 1 saturated heterocycles. The molecule has 0 bridgehead atoms. The minimum Gasteiger partial charge on any atom is -0.493 e. The van der Waals surface area contributed by atoms with E-state index in [1.54, 1.807) is 32.4 Å². The number of benzene rings is 2. The van der Waals surface area contributed by atoms with Crippen LogP contribution >= 0.6 is 0 Å². The lowest BCUT2D eigenvalue weighted by Crippen LogP contribution is -2.44. The maximum absolute atomic E-state index is 13.1. The fraction of sp³-hybridized carbons (Fsp3) is 0.480. The summed E-state index contributed by atoms with van der Waals surface area (Å²) in [4.78, 5) is 17.8. The molecule has 2 aromatic carbocycles. The fourth-order valence-electron chi connectivity index (χ4n) is 4.71. The Balaban J connectivity index is 1.57. The summed E-state index contributed by atoms with van der Waals surface area (Å²) in [5.74, 6) is 0.827. The van der Waals surface area contributed by atoms with Gasteiger partial charge in [-0.2, -0.15) is 0 Å². The van der Waals surface area contributed by atoms with Crippen molar-refractivity contribution < 1.29 is 19.0 Å². The Morgan fingerprint density at radius 3 is 2.69 bits per heavy atom. The quantitative estimate of drug-likeness (QED) is 0.716. The first-order chi connectivity index (χ1) is 15.6.